The van der Waals surface area contributed by atoms with E-state index < -0.39 is 17.5 Å². The van der Waals surface area contributed by atoms with Gasteiger partial charge in [0.1, 0.15) is 5.75 Å². The Labute approximate surface area is 127 Å². The Morgan fingerprint density at radius 2 is 2.14 bits per heavy atom. The van der Waals surface area contributed by atoms with E-state index in [4.69, 9.17) is 21.4 Å². The van der Waals surface area contributed by atoms with E-state index >= 15 is 0 Å². The van der Waals surface area contributed by atoms with Crippen molar-refractivity contribution < 1.29 is 19.4 Å². The van der Waals surface area contributed by atoms with E-state index in [1.54, 1.807) is 18.2 Å². The van der Waals surface area contributed by atoms with Crippen molar-refractivity contribution in [3.8, 4) is 5.75 Å². The Hall–Kier alpha value is -1.95. The number of amides is 2. The van der Waals surface area contributed by atoms with Gasteiger partial charge >= 0.3 is 12.0 Å². The lowest BCUT2D eigenvalue weighted by molar-refractivity contribution is -0.139. The van der Waals surface area contributed by atoms with Crippen molar-refractivity contribution in [1.29, 1.82) is 0 Å². The summed E-state index contributed by atoms with van der Waals surface area (Å²) in [5, 5.41) is 14.7. The molecule has 1 saturated carbocycles. The van der Waals surface area contributed by atoms with Crippen LogP contribution in [-0.2, 0) is 4.79 Å². The highest BCUT2D eigenvalue weighted by Gasteiger charge is 2.40. The Morgan fingerprint density at radius 1 is 1.43 bits per heavy atom. The molecule has 0 unspecified atom stereocenters. The lowest BCUT2D eigenvalue weighted by Crippen LogP contribution is -2.55. The fraction of sp³-hybridized carbons (Fsp3) is 0.429. The maximum Gasteiger partial charge on any atom is 0.319 e. The highest BCUT2D eigenvalue weighted by atomic mass is 35.5. The molecule has 1 aliphatic carbocycles. The molecule has 3 N–H and O–H groups in total. The van der Waals surface area contributed by atoms with E-state index in [1.165, 1.54) is 7.11 Å². The number of carboxylic acid groups (broad SMARTS) is 1. The lowest BCUT2D eigenvalue weighted by atomic mass is 9.74. The quantitative estimate of drug-likeness (QED) is 0.780. The third-order valence-corrected chi connectivity index (χ3v) is 3.88. The summed E-state index contributed by atoms with van der Waals surface area (Å²) in [4.78, 5) is 22.8. The number of carboxylic acids is 1. The first-order chi connectivity index (χ1) is 9.94. The molecular weight excluding hydrogens is 296 g/mol. The lowest BCUT2D eigenvalue weighted by Gasteiger charge is -2.41. The summed E-state index contributed by atoms with van der Waals surface area (Å²) in [6.45, 7) is 0. The van der Waals surface area contributed by atoms with Gasteiger partial charge in [-0.25, -0.2) is 4.79 Å². The van der Waals surface area contributed by atoms with Crippen molar-refractivity contribution in [2.24, 2.45) is 0 Å². The Morgan fingerprint density at radius 3 is 2.62 bits per heavy atom. The van der Waals surface area contributed by atoms with Gasteiger partial charge in [-0.05, 0) is 37.5 Å². The maximum atomic E-state index is 12.0. The Bertz CT molecular complexity index is 558. The van der Waals surface area contributed by atoms with Crippen LogP contribution in [0.4, 0.5) is 10.5 Å². The second kappa shape index (κ2) is 6.22. The molecule has 2 amide bonds. The van der Waals surface area contributed by atoms with Crippen molar-refractivity contribution in [3.63, 3.8) is 0 Å². The number of aliphatic carboxylic acids is 1. The molecule has 21 heavy (non-hydrogen) atoms. The molecule has 1 aromatic carbocycles. The molecular formula is C14H17ClN2O4. The van der Waals surface area contributed by atoms with Crippen molar-refractivity contribution >= 4 is 29.3 Å². The van der Waals surface area contributed by atoms with Gasteiger partial charge in [0, 0.05) is 5.69 Å². The van der Waals surface area contributed by atoms with Gasteiger partial charge in [-0.15, -0.1) is 0 Å². The van der Waals surface area contributed by atoms with Crippen LogP contribution in [0.5, 0.6) is 5.75 Å². The van der Waals surface area contributed by atoms with E-state index in [1.807, 2.05) is 0 Å². The molecule has 0 radical (unpaired) electrons. The first-order valence-electron chi connectivity index (χ1n) is 6.59. The molecule has 1 aliphatic rings. The molecule has 0 aliphatic heterocycles. The monoisotopic (exact) mass is 312 g/mol. The highest BCUT2D eigenvalue weighted by Crippen LogP contribution is 2.35. The molecule has 0 bridgehead atoms. The molecule has 0 saturated heterocycles. The average molecular weight is 313 g/mol. The standard InChI is InChI=1S/C14H17ClN2O4/c1-21-11-4-3-9(7-10(11)15)16-13(20)17-14(5-2-6-14)8-12(18)19/h3-4,7H,2,5-6,8H2,1H3,(H,18,19)(H2,16,17,20). The van der Waals surface area contributed by atoms with E-state index in [0.29, 0.717) is 29.3 Å². The fourth-order valence-electron chi connectivity index (χ4n) is 2.39. The minimum absolute atomic E-state index is 0.0657. The number of rotatable bonds is 5. The van der Waals surface area contributed by atoms with Gasteiger partial charge < -0.3 is 20.5 Å². The highest BCUT2D eigenvalue weighted by molar-refractivity contribution is 6.32. The number of carbonyl (C=O) groups is 2. The van der Waals surface area contributed by atoms with Gasteiger partial charge in [-0.2, -0.15) is 0 Å². The average Bonchev–Trinajstić information content (AvgIpc) is 2.35. The normalized spacial score (nSPS) is 15.7. The van der Waals surface area contributed by atoms with Crippen LogP contribution in [0.3, 0.4) is 0 Å². The number of nitrogens with one attached hydrogen (secondary N) is 2. The van der Waals surface area contributed by atoms with Crippen molar-refractivity contribution in [1.82, 2.24) is 5.32 Å². The van der Waals surface area contributed by atoms with Crippen LogP contribution < -0.4 is 15.4 Å². The minimum atomic E-state index is -0.914. The summed E-state index contributed by atoms with van der Waals surface area (Å²) in [6, 6.07) is 4.45. The van der Waals surface area contributed by atoms with Gasteiger partial charge in [0.25, 0.3) is 0 Å². The van der Waals surface area contributed by atoms with Crippen LogP contribution in [-0.4, -0.2) is 29.8 Å². The zero-order valence-electron chi connectivity index (χ0n) is 11.6. The zero-order chi connectivity index (χ0) is 15.5. The van der Waals surface area contributed by atoms with E-state index in [0.717, 1.165) is 6.42 Å². The van der Waals surface area contributed by atoms with Gasteiger partial charge in [0.15, 0.2) is 0 Å². The molecule has 0 atom stereocenters. The predicted molar refractivity (Wildman–Crippen MR) is 79.0 cm³/mol. The van der Waals surface area contributed by atoms with Crippen LogP contribution in [0.1, 0.15) is 25.7 Å². The molecule has 6 nitrogen and oxygen atoms in total. The van der Waals surface area contributed by atoms with E-state index in [-0.39, 0.29) is 6.42 Å². The van der Waals surface area contributed by atoms with Gasteiger partial charge in [-0.3, -0.25) is 4.79 Å². The Balaban J connectivity index is 1.98. The second-order valence-electron chi connectivity index (χ2n) is 5.13. The first kappa shape index (κ1) is 15.4. The molecule has 0 aromatic heterocycles. The SMILES string of the molecule is COc1ccc(NC(=O)NC2(CC(=O)O)CCC2)cc1Cl. The summed E-state index contributed by atoms with van der Waals surface area (Å²) in [5.74, 6) is -0.397. The van der Waals surface area contributed by atoms with Crippen LogP contribution in [0.15, 0.2) is 18.2 Å². The summed E-state index contributed by atoms with van der Waals surface area (Å²) < 4.78 is 5.03. The third kappa shape index (κ3) is 3.78. The zero-order valence-corrected chi connectivity index (χ0v) is 12.4. The minimum Gasteiger partial charge on any atom is -0.495 e. The number of hydrogen-bond acceptors (Lipinski definition) is 3. The van der Waals surface area contributed by atoms with Gasteiger partial charge in [0.2, 0.25) is 0 Å². The van der Waals surface area contributed by atoms with Crippen LogP contribution >= 0.6 is 11.6 Å². The number of hydrogen-bond donors (Lipinski definition) is 3. The topological polar surface area (TPSA) is 87.7 Å². The molecule has 7 heteroatoms. The van der Waals surface area contributed by atoms with Gasteiger partial charge in [-0.1, -0.05) is 11.6 Å². The number of carbonyl (C=O) groups excluding carboxylic acids is 1. The predicted octanol–water partition coefficient (Wildman–Crippen LogP) is 2.87. The summed E-state index contributed by atoms with van der Waals surface area (Å²) in [7, 11) is 1.51. The fourth-order valence-corrected chi connectivity index (χ4v) is 2.64. The molecule has 114 valence electrons. The molecule has 2 rings (SSSR count). The van der Waals surface area contributed by atoms with Crippen LogP contribution in [0.25, 0.3) is 0 Å². The molecule has 1 fully saturated rings. The number of methoxy groups -OCH3 is 1. The van der Waals surface area contributed by atoms with Crippen molar-refractivity contribution in [2.75, 3.05) is 12.4 Å². The summed E-state index contributed by atoms with van der Waals surface area (Å²) >= 11 is 5.98. The van der Waals surface area contributed by atoms with Crippen LogP contribution in [0.2, 0.25) is 5.02 Å². The molecule has 0 heterocycles. The summed E-state index contributed by atoms with van der Waals surface area (Å²) in [5.41, 5.74) is -0.116. The van der Waals surface area contributed by atoms with Gasteiger partial charge in [0.05, 0.1) is 24.1 Å². The number of benzene rings is 1. The first-order valence-corrected chi connectivity index (χ1v) is 6.96. The third-order valence-electron chi connectivity index (χ3n) is 3.59. The van der Waals surface area contributed by atoms with Crippen molar-refractivity contribution in [2.45, 2.75) is 31.2 Å². The molecule has 1 aromatic rings. The van der Waals surface area contributed by atoms with E-state index in [2.05, 4.69) is 10.6 Å². The number of halogens is 1. The smallest absolute Gasteiger partial charge is 0.319 e. The maximum absolute atomic E-state index is 12.0. The second-order valence-corrected chi connectivity index (χ2v) is 5.54. The largest absolute Gasteiger partial charge is 0.495 e. The van der Waals surface area contributed by atoms with E-state index in [9.17, 15) is 9.59 Å². The number of ether oxygens (including phenoxy) is 1. The summed E-state index contributed by atoms with van der Waals surface area (Å²) in [6.07, 6.45) is 2.21. The number of anilines is 1. The van der Waals surface area contributed by atoms with Crippen LogP contribution in [0, 0.1) is 0 Å². The van der Waals surface area contributed by atoms with Crippen molar-refractivity contribution in [3.05, 3.63) is 23.2 Å². The molecule has 0 spiro atoms. The number of urea groups is 1. The Kier molecular flexibility index (Phi) is 4.57.